The fraction of sp³-hybridized carbons (Fsp3) is 0.214. The molecule has 22 heavy (non-hydrogen) atoms. The summed E-state index contributed by atoms with van der Waals surface area (Å²) in [6, 6.07) is 7.06. The number of nitrogens with one attached hydrogen (secondary N) is 1. The van der Waals surface area contributed by atoms with E-state index in [2.05, 4.69) is 17.2 Å². The van der Waals surface area contributed by atoms with Crippen LogP contribution in [0.5, 0.6) is 0 Å². The molecule has 0 unspecified atom stereocenters. The van der Waals surface area contributed by atoms with E-state index in [1.54, 1.807) is 24.3 Å². The van der Waals surface area contributed by atoms with Gasteiger partial charge in [-0.1, -0.05) is 36.0 Å². The second kappa shape index (κ2) is 7.11. The van der Waals surface area contributed by atoms with Gasteiger partial charge in [-0.3, -0.25) is 5.43 Å². The molecular weight excluding hydrogens is 290 g/mol. The summed E-state index contributed by atoms with van der Waals surface area (Å²) < 4.78 is 4.74. The molecule has 8 heteroatoms. The van der Waals surface area contributed by atoms with Gasteiger partial charge in [0.15, 0.2) is 0 Å². The number of para-hydroxylation sites is 1. The van der Waals surface area contributed by atoms with E-state index in [-0.39, 0.29) is 19.8 Å². The number of carboxylic acid groups (broad SMARTS) is 1. The fourth-order valence-electron chi connectivity index (χ4n) is 1.80. The van der Waals surface area contributed by atoms with Crippen LogP contribution in [0.15, 0.2) is 42.1 Å². The standard InChI is InChI=1S/C14H15N3O5/c1-2-7-21-13(18)9-22-16-12-8-17(14(19)20)15-11-6-4-3-5-10(11)12/h2-6,15H,1,7-9H2,(H,19,20). The SMILES string of the molecule is C=CCOC(=O)CON=C1CN(C(=O)O)Nc2ccccc21. The quantitative estimate of drug-likeness (QED) is 0.485. The van der Waals surface area contributed by atoms with Gasteiger partial charge < -0.3 is 14.7 Å². The number of rotatable bonds is 5. The average Bonchev–Trinajstić information content (AvgIpc) is 2.52. The second-order valence-corrected chi connectivity index (χ2v) is 4.31. The first-order valence-corrected chi connectivity index (χ1v) is 6.43. The van der Waals surface area contributed by atoms with E-state index < -0.39 is 12.1 Å². The Balaban J connectivity index is 2.08. The van der Waals surface area contributed by atoms with Gasteiger partial charge >= 0.3 is 12.1 Å². The highest BCUT2D eigenvalue weighted by Crippen LogP contribution is 2.22. The molecule has 1 aliphatic rings. The molecule has 0 spiro atoms. The molecule has 8 nitrogen and oxygen atoms in total. The van der Waals surface area contributed by atoms with Crippen LogP contribution in [-0.2, 0) is 14.4 Å². The molecule has 0 atom stereocenters. The summed E-state index contributed by atoms with van der Waals surface area (Å²) in [5.74, 6) is -0.582. The lowest BCUT2D eigenvalue weighted by Gasteiger charge is -2.28. The molecular formula is C14H15N3O5. The van der Waals surface area contributed by atoms with Gasteiger partial charge in [-0.25, -0.2) is 14.6 Å². The maximum absolute atomic E-state index is 11.3. The summed E-state index contributed by atoms with van der Waals surface area (Å²) >= 11 is 0. The highest BCUT2D eigenvalue weighted by atomic mass is 16.7. The zero-order valence-corrected chi connectivity index (χ0v) is 11.7. The van der Waals surface area contributed by atoms with Crippen molar-refractivity contribution in [1.29, 1.82) is 0 Å². The summed E-state index contributed by atoms with van der Waals surface area (Å²) in [4.78, 5) is 27.3. The number of hydrogen-bond acceptors (Lipinski definition) is 6. The van der Waals surface area contributed by atoms with E-state index in [1.807, 2.05) is 0 Å². The molecule has 1 aliphatic heterocycles. The molecule has 0 saturated carbocycles. The number of ether oxygens (including phenoxy) is 1. The van der Waals surface area contributed by atoms with Crippen LogP contribution in [-0.4, -0.2) is 47.6 Å². The van der Waals surface area contributed by atoms with Crippen molar-refractivity contribution in [3.63, 3.8) is 0 Å². The Morgan fingerprint density at radius 1 is 1.45 bits per heavy atom. The largest absolute Gasteiger partial charge is 0.464 e. The predicted molar refractivity (Wildman–Crippen MR) is 78.4 cm³/mol. The van der Waals surface area contributed by atoms with Crippen molar-refractivity contribution in [3.05, 3.63) is 42.5 Å². The van der Waals surface area contributed by atoms with Crippen molar-refractivity contribution in [2.45, 2.75) is 0 Å². The first-order chi connectivity index (χ1) is 10.6. The van der Waals surface area contributed by atoms with Crippen LogP contribution in [0.25, 0.3) is 0 Å². The molecule has 1 amide bonds. The van der Waals surface area contributed by atoms with Crippen LogP contribution >= 0.6 is 0 Å². The number of hydrazine groups is 1. The molecule has 0 aliphatic carbocycles. The third-order valence-electron chi connectivity index (χ3n) is 2.75. The van der Waals surface area contributed by atoms with Crippen LogP contribution in [0.3, 0.4) is 0 Å². The Hall–Kier alpha value is -3.03. The summed E-state index contributed by atoms with van der Waals surface area (Å²) in [6.07, 6.45) is 0.296. The summed E-state index contributed by atoms with van der Waals surface area (Å²) in [7, 11) is 0. The minimum Gasteiger partial charge on any atom is -0.464 e. The minimum absolute atomic E-state index is 0.00590. The highest BCUT2D eigenvalue weighted by Gasteiger charge is 2.24. The molecule has 1 heterocycles. The lowest BCUT2D eigenvalue weighted by atomic mass is 10.1. The zero-order chi connectivity index (χ0) is 15.9. The number of oxime groups is 1. The number of esters is 1. The van der Waals surface area contributed by atoms with Crippen molar-refractivity contribution in [1.82, 2.24) is 5.01 Å². The molecule has 2 N–H and O–H groups in total. The average molecular weight is 305 g/mol. The van der Waals surface area contributed by atoms with Crippen molar-refractivity contribution >= 4 is 23.5 Å². The number of carbonyl (C=O) groups excluding carboxylic acids is 1. The van der Waals surface area contributed by atoms with Crippen molar-refractivity contribution in [2.24, 2.45) is 5.16 Å². The van der Waals surface area contributed by atoms with Gasteiger partial charge in [0.05, 0.1) is 12.2 Å². The van der Waals surface area contributed by atoms with Gasteiger partial charge in [0.1, 0.15) is 12.3 Å². The summed E-state index contributed by atoms with van der Waals surface area (Å²) in [5.41, 5.74) is 4.44. The number of nitrogens with zero attached hydrogens (tertiary/aromatic N) is 2. The molecule has 0 radical (unpaired) electrons. The summed E-state index contributed by atoms with van der Waals surface area (Å²) in [6.45, 7) is 3.15. The number of amides is 1. The molecule has 0 saturated heterocycles. The highest BCUT2D eigenvalue weighted by molar-refractivity contribution is 6.08. The minimum atomic E-state index is -1.15. The van der Waals surface area contributed by atoms with Crippen molar-refractivity contribution < 1.29 is 24.3 Å². The maximum atomic E-state index is 11.3. The van der Waals surface area contributed by atoms with Gasteiger partial charge in [0.2, 0.25) is 6.61 Å². The van der Waals surface area contributed by atoms with Gasteiger partial charge in [0, 0.05) is 5.56 Å². The predicted octanol–water partition coefficient (Wildman–Crippen LogP) is 1.46. The first-order valence-electron chi connectivity index (χ1n) is 6.43. The Labute approximate surface area is 126 Å². The maximum Gasteiger partial charge on any atom is 0.426 e. The number of anilines is 1. The number of hydrogen-bond donors (Lipinski definition) is 2. The third kappa shape index (κ3) is 3.75. The first kappa shape index (κ1) is 15.4. The van der Waals surface area contributed by atoms with E-state index in [9.17, 15) is 9.59 Å². The zero-order valence-electron chi connectivity index (χ0n) is 11.7. The van der Waals surface area contributed by atoms with E-state index in [4.69, 9.17) is 14.7 Å². The van der Waals surface area contributed by atoms with Crippen LogP contribution in [0.2, 0.25) is 0 Å². The topological polar surface area (TPSA) is 100 Å². The molecule has 0 bridgehead atoms. The molecule has 0 aromatic heterocycles. The second-order valence-electron chi connectivity index (χ2n) is 4.31. The lowest BCUT2D eigenvalue weighted by Crippen LogP contribution is -2.43. The van der Waals surface area contributed by atoms with Crippen molar-refractivity contribution in [2.75, 3.05) is 25.2 Å². The third-order valence-corrected chi connectivity index (χ3v) is 2.75. The van der Waals surface area contributed by atoms with Crippen molar-refractivity contribution in [3.8, 4) is 0 Å². The Kier molecular flexibility index (Phi) is 4.97. The van der Waals surface area contributed by atoms with Crippen LogP contribution in [0.1, 0.15) is 5.56 Å². The van der Waals surface area contributed by atoms with Gasteiger partial charge in [-0.05, 0) is 6.07 Å². The normalized spacial score (nSPS) is 14.7. The lowest BCUT2D eigenvalue weighted by molar-refractivity contribution is -0.147. The number of fused-ring (bicyclic) bond motifs is 1. The monoisotopic (exact) mass is 305 g/mol. The molecule has 116 valence electrons. The molecule has 2 rings (SSSR count). The molecule has 1 aromatic rings. The van der Waals surface area contributed by atoms with Gasteiger partial charge in [0.25, 0.3) is 0 Å². The summed E-state index contributed by atoms with van der Waals surface area (Å²) in [5, 5.41) is 13.9. The number of benzene rings is 1. The van der Waals surface area contributed by atoms with E-state index in [0.29, 0.717) is 17.0 Å². The Bertz CT molecular complexity index is 614. The van der Waals surface area contributed by atoms with Crippen LogP contribution in [0, 0.1) is 0 Å². The van der Waals surface area contributed by atoms with E-state index in [1.165, 1.54) is 6.08 Å². The molecule has 1 aromatic carbocycles. The van der Waals surface area contributed by atoms with Gasteiger partial charge in [-0.2, -0.15) is 0 Å². The number of carbonyl (C=O) groups is 2. The van der Waals surface area contributed by atoms with Gasteiger partial charge in [-0.15, -0.1) is 0 Å². The van der Waals surface area contributed by atoms with Crippen LogP contribution < -0.4 is 5.43 Å². The smallest absolute Gasteiger partial charge is 0.426 e. The molecule has 0 fully saturated rings. The van der Waals surface area contributed by atoms with E-state index >= 15 is 0 Å². The Morgan fingerprint density at radius 2 is 2.23 bits per heavy atom. The fourth-order valence-corrected chi connectivity index (χ4v) is 1.80. The van der Waals surface area contributed by atoms with E-state index in [0.717, 1.165) is 5.01 Å². The van der Waals surface area contributed by atoms with Crippen LogP contribution in [0.4, 0.5) is 10.5 Å². The Morgan fingerprint density at radius 3 is 2.95 bits per heavy atom.